The first-order valence-electron chi connectivity index (χ1n) is 8.17. The molecule has 3 amide bonds. The van der Waals surface area contributed by atoms with Gasteiger partial charge in [0.2, 0.25) is 0 Å². The third kappa shape index (κ3) is 5.25. The summed E-state index contributed by atoms with van der Waals surface area (Å²) < 4.78 is 5.81. The quantitative estimate of drug-likeness (QED) is 0.875. The Kier molecular flexibility index (Phi) is 6.40. The molecule has 2 rings (SSSR count). The van der Waals surface area contributed by atoms with Gasteiger partial charge in [-0.25, -0.2) is 4.79 Å². The van der Waals surface area contributed by atoms with Crippen LogP contribution in [0.2, 0.25) is 0 Å². The zero-order valence-electron chi connectivity index (χ0n) is 13.6. The lowest BCUT2D eigenvalue weighted by atomic mass is 10.1. The minimum Gasteiger partial charge on any atom is -0.378 e. The first kappa shape index (κ1) is 17.3. The lowest BCUT2D eigenvalue weighted by Crippen LogP contribution is -2.32. The fourth-order valence-corrected chi connectivity index (χ4v) is 2.77. The Morgan fingerprint density at radius 2 is 2.17 bits per heavy atom. The molecular weight excluding hydrogens is 294 g/mol. The molecule has 6 nitrogen and oxygen atoms in total. The molecule has 1 unspecified atom stereocenters. The van der Waals surface area contributed by atoms with Gasteiger partial charge >= 0.3 is 6.03 Å². The number of likely N-dealkylation sites (tertiary alicyclic amines) is 1. The van der Waals surface area contributed by atoms with Crippen LogP contribution in [0.25, 0.3) is 0 Å². The summed E-state index contributed by atoms with van der Waals surface area (Å²) in [5, 5.41) is 2.49. The minimum atomic E-state index is -0.639. The molecule has 0 bridgehead atoms. The smallest absolute Gasteiger partial charge is 0.316 e. The molecule has 0 radical (unpaired) electrons. The topological polar surface area (TPSA) is 84.7 Å². The van der Waals surface area contributed by atoms with Gasteiger partial charge in [0.05, 0.1) is 6.10 Å². The molecule has 1 heterocycles. The number of amides is 3. The summed E-state index contributed by atoms with van der Waals surface area (Å²) in [5.74, 6) is -0.0192. The van der Waals surface area contributed by atoms with Gasteiger partial charge in [0.15, 0.2) is 0 Å². The maximum Gasteiger partial charge on any atom is 0.316 e. The largest absolute Gasteiger partial charge is 0.378 e. The molecular formula is C17H25N3O3. The Bertz CT molecular complexity index is 548. The van der Waals surface area contributed by atoms with Gasteiger partial charge in [0, 0.05) is 30.9 Å². The summed E-state index contributed by atoms with van der Waals surface area (Å²) in [7, 11) is 0. The second-order valence-corrected chi connectivity index (χ2v) is 5.79. The molecule has 1 aromatic rings. The van der Waals surface area contributed by atoms with E-state index in [0.717, 1.165) is 38.8 Å². The fourth-order valence-electron chi connectivity index (χ4n) is 2.77. The summed E-state index contributed by atoms with van der Waals surface area (Å²) in [6.07, 6.45) is 4.06. The average molecular weight is 319 g/mol. The van der Waals surface area contributed by atoms with E-state index in [-0.39, 0.29) is 12.0 Å². The fraction of sp³-hybridized carbons (Fsp3) is 0.529. The van der Waals surface area contributed by atoms with Crippen LogP contribution < -0.4 is 11.1 Å². The third-order valence-corrected chi connectivity index (χ3v) is 3.90. The number of nitrogens with two attached hydrogens (primary N) is 1. The molecule has 1 saturated heterocycles. The molecule has 1 aromatic carbocycles. The number of nitrogens with zero attached hydrogens (tertiary/aromatic N) is 1. The van der Waals surface area contributed by atoms with Gasteiger partial charge in [-0.3, -0.25) is 4.79 Å². The second-order valence-electron chi connectivity index (χ2n) is 5.79. The zero-order valence-corrected chi connectivity index (χ0v) is 13.6. The van der Waals surface area contributed by atoms with Crippen molar-refractivity contribution in [2.75, 3.05) is 25.0 Å². The number of primary amides is 1. The van der Waals surface area contributed by atoms with E-state index >= 15 is 0 Å². The zero-order chi connectivity index (χ0) is 16.7. The number of carbonyl (C=O) groups is 2. The number of hydrogen-bond acceptors (Lipinski definition) is 3. The Morgan fingerprint density at radius 3 is 2.91 bits per heavy atom. The summed E-state index contributed by atoms with van der Waals surface area (Å²) in [4.78, 5) is 25.4. The lowest BCUT2D eigenvalue weighted by Gasteiger charge is -2.21. The molecule has 1 fully saturated rings. The van der Waals surface area contributed by atoms with Gasteiger partial charge in [-0.1, -0.05) is 13.0 Å². The van der Waals surface area contributed by atoms with Gasteiger partial charge in [-0.05, 0) is 43.9 Å². The van der Waals surface area contributed by atoms with Crippen LogP contribution in [0.15, 0.2) is 24.3 Å². The van der Waals surface area contributed by atoms with E-state index in [1.165, 1.54) is 0 Å². The van der Waals surface area contributed by atoms with Gasteiger partial charge in [0.25, 0.3) is 5.91 Å². The van der Waals surface area contributed by atoms with Gasteiger partial charge < -0.3 is 20.7 Å². The van der Waals surface area contributed by atoms with Crippen molar-refractivity contribution < 1.29 is 14.3 Å². The Labute approximate surface area is 137 Å². The third-order valence-electron chi connectivity index (χ3n) is 3.90. The lowest BCUT2D eigenvalue weighted by molar-refractivity contribution is 0.0432. The average Bonchev–Trinajstić information content (AvgIpc) is 2.77. The number of benzene rings is 1. The number of rotatable bonds is 5. The molecule has 6 heteroatoms. The Morgan fingerprint density at radius 1 is 1.35 bits per heavy atom. The van der Waals surface area contributed by atoms with Crippen LogP contribution in [0.1, 0.15) is 43.0 Å². The summed E-state index contributed by atoms with van der Waals surface area (Å²) >= 11 is 0. The second kappa shape index (κ2) is 8.53. The highest BCUT2D eigenvalue weighted by molar-refractivity contribution is 5.96. The van der Waals surface area contributed by atoms with Crippen LogP contribution in [-0.2, 0) is 4.74 Å². The van der Waals surface area contributed by atoms with Crippen molar-refractivity contribution in [3.8, 4) is 0 Å². The van der Waals surface area contributed by atoms with Crippen LogP contribution >= 0.6 is 0 Å². The van der Waals surface area contributed by atoms with Crippen molar-refractivity contribution >= 4 is 17.6 Å². The predicted octanol–water partition coefficient (Wildman–Crippen LogP) is 2.60. The van der Waals surface area contributed by atoms with Crippen LogP contribution in [0.3, 0.4) is 0 Å². The molecule has 23 heavy (non-hydrogen) atoms. The van der Waals surface area contributed by atoms with E-state index in [2.05, 4.69) is 12.2 Å². The van der Waals surface area contributed by atoms with Crippen LogP contribution in [-0.4, -0.2) is 42.6 Å². The van der Waals surface area contributed by atoms with Gasteiger partial charge in [-0.2, -0.15) is 0 Å². The van der Waals surface area contributed by atoms with Crippen molar-refractivity contribution in [2.24, 2.45) is 5.73 Å². The molecule has 0 spiro atoms. The van der Waals surface area contributed by atoms with Crippen molar-refractivity contribution in [3.63, 3.8) is 0 Å². The monoisotopic (exact) mass is 319 g/mol. The molecule has 3 N–H and O–H groups in total. The van der Waals surface area contributed by atoms with E-state index < -0.39 is 6.03 Å². The van der Waals surface area contributed by atoms with Crippen molar-refractivity contribution in [1.29, 1.82) is 0 Å². The minimum absolute atomic E-state index is 0.0192. The first-order chi connectivity index (χ1) is 11.1. The molecule has 0 aliphatic carbocycles. The molecule has 1 aliphatic rings. The van der Waals surface area contributed by atoms with E-state index in [4.69, 9.17) is 10.5 Å². The Hall–Kier alpha value is -2.08. The number of nitrogens with one attached hydrogen (secondary N) is 1. The number of urea groups is 1. The highest BCUT2D eigenvalue weighted by atomic mass is 16.5. The maximum atomic E-state index is 12.7. The standard InChI is InChI=1S/C17H25N3O3/c1-2-11-23-15-7-4-9-20(10-8-15)16(21)13-5-3-6-14(12-13)19-17(18)22/h3,5-6,12,15H,2,4,7-11H2,1H3,(H3,18,19,22). The van der Waals surface area contributed by atoms with Crippen LogP contribution in [0.4, 0.5) is 10.5 Å². The summed E-state index contributed by atoms with van der Waals surface area (Å²) in [6.45, 7) is 4.30. The molecule has 0 aromatic heterocycles. The number of hydrogen-bond donors (Lipinski definition) is 2. The molecule has 1 aliphatic heterocycles. The predicted molar refractivity (Wildman–Crippen MR) is 89.4 cm³/mol. The van der Waals surface area contributed by atoms with E-state index in [1.54, 1.807) is 24.3 Å². The van der Waals surface area contributed by atoms with Gasteiger partial charge in [-0.15, -0.1) is 0 Å². The molecule has 0 saturated carbocycles. The Balaban J connectivity index is 1.98. The van der Waals surface area contributed by atoms with E-state index in [0.29, 0.717) is 17.8 Å². The summed E-state index contributed by atoms with van der Waals surface area (Å²) in [6, 6.07) is 6.22. The summed E-state index contributed by atoms with van der Waals surface area (Å²) in [5.41, 5.74) is 6.20. The highest BCUT2D eigenvalue weighted by Gasteiger charge is 2.22. The SMILES string of the molecule is CCCOC1CCCN(C(=O)c2cccc(NC(N)=O)c2)CC1. The van der Waals surface area contributed by atoms with Crippen LogP contribution in [0, 0.1) is 0 Å². The normalized spacial score (nSPS) is 18.3. The number of carbonyl (C=O) groups excluding carboxylic acids is 2. The maximum absolute atomic E-state index is 12.7. The van der Waals surface area contributed by atoms with Gasteiger partial charge in [0.1, 0.15) is 0 Å². The van der Waals surface area contributed by atoms with Crippen molar-refractivity contribution in [1.82, 2.24) is 4.90 Å². The first-order valence-corrected chi connectivity index (χ1v) is 8.17. The van der Waals surface area contributed by atoms with E-state index in [9.17, 15) is 9.59 Å². The van der Waals surface area contributed by atoms with E-state index in [1.807, 2.05) is 4.90 Å². The number of ether oxygens (including phenoxy) is 1. The molecule has 126 valence electrons. The van der Waals surface area contributed by atoms with Crippen LogP contribution in [0.5, 0.6) is 0 Å². The van der Waals surface area contributed by atoms with Crippen molar-refractivity contribution in [3.05, 3.63) is 29.8 Å². The molecule has 1 atom stereocenters. The number of anilines is 1. The highest BCUT2D eigenvalue weighted by Crippen LogP contribution is 2.18. The van der Waals surface area contributed by atoms with Crippen molar-refractivity contribution in [2.45, 2.75) is 38.7 Å².